The Morgan fingerprint density at radius 1 is 1.29 bits per heavy atom. The average molecular weight is 286 g/mol. The van der Waals surface area contributed by atoms with E-state index < -0.39 is 0 Å². The lowest BCUT2D eigenvalue weighted by atomic mass is 9.85. The minimum absolute atomic E-state index is 0.0344. The van der Waals surface area contributed by atoms with Gasteiger partial charge in [0.2, 0.25) is 5.91 Å². The van der Waals surface area contributed by atoms with Crippen LogP contribution in [-0.2, 0) is 11.3 Å². The number of likely N-dealkylation sites (N-methyl/N-ethyl adjacent to an activating group) is 1. The van der Waals surface area contributed by atoms with Gasteiger partial charge in [-0.25, -0.2) is 0 Å². The molecule has 0 radical (unpaired) electrons. The highest BCUT2D eigenvalue weighted by molar-refractivity contribution is 5.82. The maximum Gasteiger partial charge on any atom is 0.239 e. The van der Waals surface area contributed by atoms with E-state index in [2.05, 4.69) is 24.4 Å². The SMILES string of the molecule is Cc1ccccc1CN(C)C(=O)C1CC2CCCCC2N1. The number of carbonyl (C=O) groups excluding carboxylic acids is 1. The Labute approximate surface area is 127 Å². The van der Waals surface area contributed by atoms with E-state index in [4.69, 9.17) is 0 Å². The number of amides is 1. The van der Waals surface area contributed by atoms with Crippen molar-refractivity contribution < 1.29 is 4.79 Å². The molecule has 3 nitrogen and oxygen atoms in total. The first kappa shape index (κ1) is 14.6. The quantitative estimate of drug-likeness (QED) is 0.926. The van der Waals surface area contributed by atoms with Gasteiger partial charge in [-0.2, -0.15) is 0 Å². The van der Waals surface area contributed by atoms with Crippen molar-refractivity contribution >= 4 is 5.91 Å². The van der Waals surface area contributed by atoms with E-state index in [0.717, 1.165) is 12.3 Å². The molecular formula is C18H26N2O. The van der Waals surface area contributed by atoms with Crippen LogP contribution in [0.2, 0.25) is 0 Å². The van der Waals surface area contributed by atoms with Crippen LogP contribution in [-0.4, -0.2) is 29.9 Å². The van der Waals surface area contributed by atoms with Crippen molar-refractivity contribution in [2.24, 2.45) is 5.92 Å². The van der Waals surface area contributed by atoms with Crippen LogP contribution in [0.3, 0.4) is 0 Å². The number of rotatable bonds is 3. The third-order valence-corrected chi connectivity index (χ3v) is 5.21. The minimum atomic E-state index is 0.0344. The van der Waals surface area contributed by atoms with E-state index in [0.29, 0.717) is 12.6 Å². The molecule has 1 aromatic rings. The number of fused-ring (bicyclic) bond motifs is 1. The fourth-order valence-corrected chi connectivity index (χ4v) is 3.90. The number of nitrogens with zero attached hydrogens (tertiary/aromatic N) is 1. The van der Waals surface area contributed by atoms with Gasteiger partial charge in [-0.3, -0.25) is 4.79 Å². The van der Waals surface area contributed by atoms with E-state index in [9.17, 15) is 4.79 Å². The maximum absolute atomic E-state index is 12.7. The summed E-state index contributed by atoms with van der Waals surface area (Å²) in [6, 6.07) is 8.93. The lowest BCUT2D eigenvalue weighted by Crippen LogP contribution is -2.43. The molecule has 1 aliphatic heterocycles. The monoisotopic (exact) mass is 286 g/mol. The fourth-order valence-electron chi connectivity index (χ4n) is 3.90. The summed E-state index contributed by atoms with van der Waals surface area (Å²) in [4.78, 5) is 14.6. The predicted octanol–water partition coefficient (Wildman–Crippen LogP) is 2.87. The molecule has 2 aliphatic rings. The van der Waals surface area contributed by atoms with E-state index in [1.165, 1.54) is 36.8 Å². The summed E-state index contributed by atoms with van der Waals surface area (Å²) in [5.41, 5.74) is 2.49. The van der Waals surface area contributed by atoms with Crippen LogP contribution in [0.5, 0.6) is 0 Å². The van der Waals surface area contributed by atoms with Crippen molar-refractivity contribution in [3.63, 3.8) is 0 Å². The van der Waals surface area contributed by atoms with Crippen molar-refractivity contribution in [3.05, 3.63) is 35.4 Å². The second-order valence-electron chi connectivity index (χ2n) is 6.73. The average Bonchev–Trinajstić information content (AvgIpc) is 2.92. The zero-order valence-electron chi connectivity index (χ0n) is 13.1. The second-order valence-corrected chi connectivity index (χ2v) is 6.73. The van der Waals surface area contributed by atoms with E-state index in [-0.39, 0.29) is 11.9 Å². The van der Waals surface area contributed by atoms with Gasteiger partial charge in [0.25, 0.3) is 0 Å². The molecule has 0 bridgehead atoms. The molecule has 1 N–H and O–H groups in total. The summed E-state index contributed by atoms with van der Waals surface area (Å²) >= 11 is 0. The molecule has 1 saturated heterocycles. The number of hydrogen-bond acceptors (Lipinski definition) is 2. The molecule has 1 saturated carbocycles. The van der Waals surface area contributed by atoms with E-state index >= 15 is 0 Å². The summed E-state index contributed by atoms with van der Waals surface area (Å²) in [7, 11) is 1.93. The van der Waals surface area contributed by atoms with Gasteiger partial charge in [0.15, 0.2) is 0 Å². The maximum atomic E-state index is 12.7. The normalized spacial score (nSPS) is 28.2. The zero-order chi connectivity index (χ0) is 14.8. The number of benzene rings is 1. The molecule has 114 valence electrons. The smallest absolute Gasteiger partial charge is 0.239 e. The van der Waals surface area contributed by atoms with Crippen molar-refractivity contribution in [1.29, 1.82) is 0 Å². The highest BCUT2D eigenvalue weighted by Gasteiger charge is 2.39. The van der Waals surface area contributed by atoms with Gasteiger partial charge in [-0.15, -0.1) is 0 Å². The van der Waals surface area contributed by atoms with E-state index in [1.54, 1.807) is 0 Å². The molecule has 0 spiro atoms. The van der Waals surface area contributed by atoms with Gasteiger partial charge in [-0.1, -0.05) is 37.1 Å². The first-order valence-corrected chi connectivity index (χ1v) is 8.20. The highest BCUT2D eigenvalue weighted by atomic mass is 16.2. The number of aryl methyl sites for hydroxylation is 1. The molecule has 2 fully saturated rings. The highest BCUT2D eigenvalue weighted by Crippen LogP contribution is 2.33. The Morgan fingerprint density at radius 2 is 2.05 bits per heavy atom. The van der Waals surface area contributed by atoms with Crippen molar-refractivity contribution in [1.82, 2.24) is 10.2 Å². The van der Waals surface area contributed by atoms with Gasteiger partial charge >= 0.3 is 0 Å². The van der Waals surface area contributed by atoms with Crippen LogP contribution < -0.4 is 5.32 Å². The summed E-state index contributed by atoms with van der Waals surface area (Å²) in [5, 5.41) is 3.58. The first-order chi connectivity index (χ1) is 10.1. The summed E-state index contributed by atoms with van der Waals surface area (Å²) in [6.45, 7) is 2.81. The number of hydrogen-bond donors (Lipinski definition) is 1. The van der Waals surface area contributed by atoms with Crippen LogP contribution >= 0.6 is 0 Å². The van der Waals surface area contributed by atoms with Crippen molar-refractivity contribution in [2.45, 2.75) is 57.7 Å². The lowest BCUT2D eigenvalue weighted by Gasteiger charge is -2.24. The van der Waals surface area contributed by atoms with Gasteiger partial charge in [0.1, 0.15) is 0 Å². The van der Waals surface area contributed by atoms with Crippen LogP contribution in [0.25, 0.3) is 0 Å². The molecule has 3 heteroatoms. The molecule has 21 heavy (non-hydrogen) atoms. The standard InChI is InChI=1S/C18H26N2O/c1-13-7-3-4-9-15(13)12-20(2)18(21)17-11-14-8-5-6-10-16(14)19-17/h3-4,7,9,14,16-17,19H,5-6,8,10-12H2,1-2H3. The molecule has 1 heterocycles. The van der Waals surface area contributed by atoms with Gasteiger partial charge < -0.3 is 10.2 Å². The molecule has 3 atom stereocenters. The van der Waals surface area contributed by atoms with Gasteiger partial charge in [-0.05, 0) is 43.2 Å². The Hall–Kier alpha value is -1.35. The van der Waals surface area contributed by atoms with Crippen LogP contribution in [0, 0.1) is 12.8 Å². The Kier molecular flexibility index (Phi) is 4.29. The number of carbonyl (C=O) groups is 1. The Morgan fingerprint density at radius 3 is 2.81 bits per heavy atom. The zero-order valence-corrected chi connectivity index (χ0v) is 13.1. The molecule has 1 aromatic carbocycles. The Bertz CT molecular complexity index is 500. The third kappa shape index (κ3) is 3.13. The summed E-state index contributed by atoms with van der Waals surface area (Å²) in [6.07, 6.45) is 6.22. The number of nitrogens with one attached hydrogen (secondary N) is 1. The van der Waals surface area contributed by atoms with Crippen LogP contribution in [0.1, 0.15) is 43.2 Å². The second kappa shape index (κ2) is 6.18. The predicted molar refractivity (Wildman–Crippen MR) is 84.9 cm³/mol. The molecular weight excluding hydrogens is 260 g/mol. The van der Waals surface area contributed by atoms with Gasteiger partial charge in [0, 0.05) is 19.6 Å². The Balaban J connectivity index is 1.61. The van der Waals surface area contributed by atoms with Gasteiger partial charge in [0.05, 0.1) is 6.04 Å². The fraction of sp³-hybridized carbons (Fsp3) is 0.611. The molecule has 3 unspecified atom stereocenters. The third-order valence-electron chi connectivity index (χ3n) is 5.21. The molecule has 1 amide bonds. The summed E-state index contributed by atoms with van der Waals surface area (Å²) in [5.74, 6) is 0.979. The molecule has 0 aromatic heterocycles. The van der Waals surface area contributed by atoms with Crippen molar-refractivity contribution in [2.75, 3.05) is 7.05 Å². The topological polar surface area (TPSA) is 32.3 Å². The first-order valence-electron chi connectivity index (χ1n) is 8.20. The summed E-state index contributed by atoms with van der Waals surface area (Å²) < 4.78 is 0. The van der Waals surface area contributed by atoms with E-state index in [1.807, 2.05) is 24.1 Å². The molecule has 1 aliphatic carbocycles. The largest absolute Gasteiger partial charge is 0.340 e. The van der Waals surface area contributed by atoms with Crippen molar-refractivity contribution in [3.8, 4) is 0 Å². The lowest BCUT2D eigenvalue weighted by molar-refractivity contribution is -0.132. The van der Waals surface area contributed by atoms with Crippen LogP contribution in [0.4, 0.5) is 0 Å². The van der Waals surface area contributed by atoms with Crippen LogP contribution in [0.15, 0.2) is 24.3 Å². The molecule has 3 rings (SSSR count). The minimum Gasteiger partial charge on any atom is -0.340 e.